The molecule has 0 atom stereocenters. The zero-order chi connectivity index (χ0) is 25.1. The lowest BCUT2D eigenvalue weighted by Gasteiger charge is -2.11. The smallest absolute Gasteiger partial charge is 0.249 e. The number of aromatic nitrogens is 3. The van der Waals surface area contributed by atoms with Crippen LogP contribution in [0.25, 0.3) is 28.3 Å². The van der Waals surface area contributed by atoms with Crippen LogP contribution in [0.1, 0.15) is 5.56 Å². The summed E-state index contributed by atoms with van der Waals surface area (Å²) in [5.74, 6) is -0.396. The van der Waals surface area contributed by atoms with Gasteiger partial charge in [-0.05, 0) is 35.9 Å². The lowest BCUT2D eigenvalue weighted by molar-refractivity contribution is -0.111. The third-order valence-corrected chi connectivity index (χ3v) is 7.43. The van der Waals surface area contributed by atoms with Gasteiger partial charge < -0.3 is 9.88 Å². The van der Waals surface area contributed by atoms with E-state index in [9.17, 15) is 13.2 Å². The molecule has 0 radical (unpaired) electrons. The Morgan fingerprint density at radius 3 is 2.17 bits per heavy atom. The Kier molecular flexibility index (Phi) is 6.18. The van der Waals surface area contributed by atoms with E-state index in [1.54, 1.807) is 47.1 Å². The highest BCUT2D eigenvalue weighted by atomic mass is 32.2. The predicted molar refractivity (Wildman–Crippen MR) is 141 cm³/mol. The minimum Gasteiger partial charge on any atom is -0.307 e. The maximum atomic E-state index is 13.9. The maximum absolute atomic E-state index is 13.9. The van der Waals surface area contributed by atoms with Crippen LogP contribution in [0.2, 0.25) is 0 Å². The SMILES string of the molecule is C=CCn1c(NC(=O)/C=C/c2ccccc2)c(S(=O)(=O)c2ccccc2)c2nc3ccccc3nc21. The van der Waals surface area contributed by atoms with Gasteiger partial charge in [-0.2, -0.15) is 0 Å². The Hall–Kier alpha value is -4.56. The summed E-state index contributed by atoms with van der Waals surface area (Å²) >= 11 is 0. The molecule has 8 heteroatoms. The van der Waals surface area contributed by atoms with E-state index in [0.717, 1.165) is 5.56 Å². The molecule has 0 unspecified atom stereocenters. The van der Waals surface area contributed by atoms with E-state index in [1.807, 2.05) is 42.5 Å². The number of fused-ring (bicyclic) bond motifs is 2. The summed E-state index contributed by atoms with van der Waals surface area (Å²) in [5, 5.41) is 2.78. The van der Waals surface area contributed by atoms with Gasteiger partial charge in [-0.25, -0.2) is 18.4 Å². The molecule has 0 aliphatic carbocycles. The highest BCUT2D eigenvalue weighted by Gasteiger charge is 2.31. The fraction of sp³-hybridized carbons (Fsp3) is 0.0357. The molecule has 0 fully saturated rings. The number of nitrogens with zero attached hydrogens (tertiary/aromatic N) is 3. The van der Waals surface area contributed by atoms with E-state index < -0.39 is 15.7 Å². The van der Waals surface area contributed by atoms with Gasteiger partial charge in [-0.3, -0.25) is 4.79 Å². The molecule has 178 valence electrons. The van der Waals surface area contributed by atoms with Crippen LogP contribution in [0.3, 0.4) is 0 Å². The number of nitrogens with one attached hydrogen (secondary N) is 1. The number of amides is 1. The van der Waals surface area contributed by atoms with Crippen molar-refractivity contribution in [2.45, 2.75) is 16.3 Å². The van der Waals surface area contributed by atoms with Gasteiger partial charge in [0.2, 0.25) is 15.7 Å². The number of para-hydroxylation sites is 2. The van der Waals surface area contributed by atoms with Gasteiger partial charge in [-0.1, -0.05) is 66.7 Å². The average molecular weight is 495 g/mol. The first-order valence-electron chi connectivity index (χ1n) is 11.2. The molecule has 1 amide bonds. The maximum Gasteiger partial charge on any atom is 0.249 e. The predicted octanol–water partition coefficient (Wildman–Crippen LogP) is 5.26. The van der Waals surface area contributed by atoms with Crippen LogP contribution in [0.4, 0.5) is 5.82 Å². The van der Waals surface area contributed by atoms with Gasteiger partial charge >= 0.3 is 0 Å². The summed E-state index contributed by atoms with van der Waals surface area (Å²) in [6.07, 6.45) is 4.64. The number of hydrogen-bond acceptors (Lipinski definition) is 5. The molecule has 2 heterocycles. The first kappa shape index (κ1) is 23.2. The van der Waals surface area contributed by atoms with Crippen molar-refractivity contribution in [1.29, 1.82) is 0 Å². The number of rotatable bonds is 7. The molecule has 5 aromatic rings. The summed E-state index contributed by atoms with van der Waals surface area (Å²) < 4.78 is 29.4. The van der Waals surface area contributed by atoms with Gasteiger partial charge in [-0.15, -0.1) is 6.58 Å². The summed E-state index contributed by atoms with van der Waals surface area (Å²) in [5.41, 5.74) is 2.52. The molecule has 5 rings (SSSR count). The quantitative estimate of drug-likeness (QED) is 0.246. The van der Waals surface area contributed by atoms with Crippen LogP contribution >= 0.6 is 0 Å². The molecule has 0 aliphatic heterocycles. The first-order valence-corrected chi connectivity index (χ1v) is 12.7. The van der Waals surface area contributed by atoms with Crippen molar-refractivity contribution in [2.24, 2.45) is 0 Å². The fourth-order valence-corrected chi connectivity index (χ4v) is 5.53. The molecular formula is C28H22N4O3S. The van der Waals surface area contributed by atoms with Crippen LogP contribution in [0, 0.1) is 0 Å². The zero-order valence-electron chi connectivity index (χ0n) is 19.2. The van der Waals surface area contributed by atoms with Crippen molar-refractivity contribution in [1.82, 2.24) is 14.5 Å². The molecule has 3 aromatic carbocycles. The highest BCUT2D eigenvalue weighted by Crippen LogP contribution is 2.37. The van der Waals surface area contributed by atoms with Crippen LogP contribution < -0.4 is 5.32 Å². The summed E-state index contributed by atoms with van der Waals surface area (Å²) in [6.45, 7) is 4.02. The van der Waals surface area contributed by atoms with Crippen LogP contribution in [0.15, 0.2) is 113 Å². The molecule has 0 spiro atoms. The van der Waals surface area contributed by atoms with Gasteiger partial charge in [0.15, 0.2) is 5.65 Å². The number of carbonyl (C=O) groups is 1. The number of anilines is 1. The van der Waals surface area contributed by atoms with E-state index in [2.05, 4.69) is 16.9 Å². The number of allylic oxidation sites excluding steroid dienone is 1. The minimum absolute atomic E-state index is 0.0896. The van der Waals surface area contributed by atoms with Crippen molar-refractivity contribution in [3.63, 3.8) is 0 Å². The van der Waals surface area contributed by atoms with E-state index >= 15 is 0 Å². The van der Waals surface area contributed by atoms with Gasteiger partial charge in [0.25, 0.3) is 0 Å². The normalized spacial score (nSPS) is 11.8. The Bertz CT molecular complexity index is 1730. The first-order chi connectivity index (χ1) is 17.5. The molecule has 0 saturated carbocycles. The second-order valence-electron chi connectivity index (χ2n) is 8.01. The van der Waals surface area contributed by atoms with Gasteiger partial charge in [0, 0.05) is 12.6 Å². The second kappa shape index (κ2) is 9.59. The molecule has 1 N–H and O–H groups in total. The molecule has 2 aromatic heterocycles. The van der Waals surface area contributed by atoms with Crippen molar-refractivity contribution in [3.05, 3.63) is 109 Å². The largest absolute Gasteiger partial charge is 0.307 e. The van der Waals surface area contributed by atoms with Crippen molar-refractivity contribution >= 4 is 49.8 Å². The van der Waals surface area contributed by atoms with E-state index in [-0.39, 0.29) is 27.7 Å². The number of carbonyl (C=O) groups excluding carboxylic acids is 1. The lowest BCUT2D eigenvalue weighted by Crippen LogP contribution is -2.15. The Labute approximate surface area is 208 Å². The lowest BCUT2D eigenvalue weighted by atomic mass is 10.2. The van der Waals surface area contributed by atoms with Gasteiger partial charge in [0.1, 0.15) is 16.2 Å². The number of benzene rings is 3. The summed E-state index contributed by atoms with van der Waals surface area (Å²) in [6, 6.07) is 24.6. The third-order valence-electron chi connectivity index (χ3n) is 5.61. The second-order valence-corrected chi connectivity index (χ2v) is 9.90. The van der Waals surface area contributed by atoms with Crippen LogP contribution in [-0.2, 0) is 21.2 Å². The number of hydrogen-bond donors (Lipinski definition) is 1. The Balaban J connectivity index is 1.74. The van der Waals surface area contributed by atoms with Gasteiger partial charge in [0.05, 0.1) is 15.9 Å². The van der Waals surface area contributed by atoms with E-state index in [4.69, 9.17) is 4.98 Å². The topological polar surface area (TPSA) is 94.0 Å². The Morgan fingerprint density at radius 1 is 0.889 bits per heavy atom. The van der Waals surface area contributed by atoms with Crippen molar-refractivity contribution in [2.75, 3.05) is 5.32 Å². The summed E-state index contributed by atoms with van der Waals surface area (Å²) in [7, 11) is -4.07. The molecule has 7 nitrogen and oxygen atoms in total. The van der Waals surface area contributed by atoms with E-state index in [0.29, 0.717) is 16.7 Å². The Morgan fingerprint density at radius 2 is 1.50 bits per heavy atom. The number of sulfone groups is 1. The monoisotopic (exact) mass is 494 g/mol. The third kappa shape index (κ3) is 4.30. The molecule has 0 saturated heterocycles. The van der Waals surface area contributed by atoms with E-state index in [1.165, 1.54) is 18.2 Å². The van der Waals surface area contributed by atoms with Crippen molar-refractivity contribution < 1.29 is 13.2 Å². The molecule has 0 bridgehead atoms. The highest BCUT2D eigenvalue weighted by molar-refractivity contribution is 7.92. The zero-order valence-corrected chi connectivity index (χ0v) is 20.0. The minimum atomic E-state index is -4.07. The van der Waals surface area contributed by atoms with Crippen molar-refractivity contribution in [3.8, 4) is 0 Å². The molecule has 0 aliphatic rings. The summed E-state index contributed by atoms with van der Waals surface area (Å²) in [4.78, 5) is 22.4. The van der Waals surface area contributed by atoms with Crippen LogP contribution in [-0.4, -0.2) is 28.9 Å². The molecule has 36 heavy (non-hydrogen) atoms. The van der Waals surface area contributed by atoms with Crippen LogP contribution in [0.5, 0.6) is 0 Å². The standard InChI is InChI=1S/C28H22N4O3S/c1-2-19-32-27-25(29-22-15-9-10-16-23(22)30-27)26(36(34,35)21-13-7-4-8-14-21)28(32)31-24(33)18-17-20-11-5-3-6-12-20/h2-18H,1,19H2,(H,31,33)/b18-17+. The molecular weight excluding hydrogens is 472 g/mol. The average Bonchev–Trinajstić information content (AvgIpc) is 3.19. The fourth-order valence-electron chi connectivity index (χ4n) is 3.97.